The fraction of sp³-hybridized carbons (Fsp3) is 0.600. The molecule has 94 valence electrons. The van der Waals surface area contributed by atoms with Crippen LogP contribution in [0.5, 0.6) is 0 Å². The highest BCUT2D eigenvalue weighted by atomic mass is 16.3. The van der Waals surface area contributed by atoms with Gasteiger partial charge in [0.25, 0.3) is 0 Å². The molecule has 1 fully saturated rings. The Morgan fingerprint density at radius 2 is 2.00 bits per heavy atom. The lowest BCUT2D eigenvalue weighted by Crippen LogP contribution is -2.33. The Morgan fingerprint density at radius 3 is 2.59 bits per heavy atom. The van der Waals surface area contributed by atoms with E-state index in [1.165, 1.54) is 18.4 Å². The highest BCUT2D eigenvalue weighted by Gasteiger charge is 2.41. The average Bonchev–Trinajstić information content (AvgIpc) is 3.16. The second-order valence-corrected chi connectivity index (χ2v) is 5.46. The van der Waals surface area contributed by atoms with Gasteiger partial charge in [0.1, 0.15) is 0 Å². The molecule has 0 amide bonds. The average molecular weight is 233 g/mol. The Balaban J connectivity index is 1.66. The number of benzene rings is 1. The molecule has 0 aromatic heterocycles. The molecule has 2 rings (SSSR count). The molecule has 0 bridgehead atoms. The molecule has 1 aromatic carbocycles. The minimum absolute atomic E-state index is 0.223. The molecule has 0 aliphatic heterocycles. The Labute approximate surface area is 104 Å². The van der Waals surface area contributed by atoms with Crippen LogP contribution in [0.15, 0.2) is 30.3 Å². The molecular weight excluding hydrogens is 210 g/mol. The van der Waals surface area contributed by atoms with Crippen molar-refractivity contribution in [2.75, 3.05) is 13.2 Å². The molecule has 0 radical (unpaired) electrons. The van der Waals surface area contributed by atoms with E-state index >= 15 is 0 Å². The number of aliphatic hydroxyl groups excluding tert-OH is 1. The van der Waals surface area contributed by atoms with Crippen LogP contribution in [-0.4, -0.2) is 24.3 Å². The van der Waals surface area contributed by atoms with Crippen LogP contribution in [0.4, 0.5) is 0 Å². The molecule has 0 spiro atoms. The van der Waals surface area contributed by atoms with Crippen molar-refractivity contribution >= 4 is 0 Å². The van der Waals surface area contributed by atoms with Gasteiger partial charge >= 0.3 is 0 Å². The van der Waals surface area contributed by atoms with E-state index in [1.807, 2.05) is 0 Å². The summed E-state index contributed by atoms with van der Waals surface area (Å²) < 4.78 is 0. The Hall–Kier alpha value is -0.860. The van der Waals surface area contributed by atoms with Gasteiger partial charge in [0.15, 0.2) is 0 Å². The van der Waals surface area contributed by atoms with Crippen molar-refractivity contribution in [2.24, 2.45) is 5.41 Å². The third-order valence-corrected chi connectivity index (χ3v) is 3.83. The number of hydrogen-bond donors (Lipinski definition) is 2. The molecule has 1 atom stereocenters. The molecule has 1 aliphatic carbocycles. The zero-order valence-electron chi connectivity index (χ0n) is 10.7. The molecule has 0 saturated heterocycles. The third-order valence-electron chi connectivity index (χ3n) is 3.83. The number of aryl methyl sites for hydroxylation is 1. The summed E-state index contributed by atoms with van der Waals surface area (Å²) in [5, 5.41) is 12.8. The van der Waals surface area contributed by atoms with Gasteiger partial charge in [-0.2, -0.15) is 0 Å². The fourth-order valence-corrected chi connectivity index (χ4v) is 2.09. The maximum atomic E-state index is 9.24. The molecule has 17 heavy (non-hydrogen) atoms. The van der Waals surface area contributed by atoms with Crippen LogP contribution in [-0.2, 0) is 6.42 Å². The molecule has 1 aliphatic rings. The summed E-state index contributed by atoms with van der Waals surface area (Å²) in [6.07, 6.45) is 4.65. The third kappa shape index (κ3) is 3.83. The first-order valence-corrected chi connectivity index (χ1v) is 6.62. The maximum absolute atomic E-state index is 9.24. The Kier molecular flexibility index (Phi) is 4.19. The van der Waals surface area contributed by atoms with E-state index in [-0.39, 0.29) is 5.41 Å². The molecule has 2 nitrogen and oxygen atoms in total. The number of nitrogens with one attached hydrogen (secondary N) is 1. The van der Waals surface area contributed by atoms with E-state index in [2.05, 4.69) is 42.6 Å². The minimum atomic E-state index is 0.223. The predicted octanol–water partition coefficient (Wildman–Crippen LogP) is 2.37. The van der Waals surface area contributed by atoms with Gasteiger partial charge < -0.3 is 10.4 Å². The zero-order chi connectivity index (χ0) is 12.1. The Morgan fingerprint density at radius 1 is 1.29 bits per heavy atom. The van der Waals surface area contributed by atoms with E-state index in [0.717, 1.165) is 19.4 Å². The van der Waals surface area contributed by atoms with Gasteiger partial charge in [0.05, 0.1) is 0 Å². The molecular formula is C15H23NO. The molecule has 2 heteroatoms. The highest BCUT2D eigenvalue weighted by molar-refractivity contribution is 5.14. The second kappa shape index (κ2) is 5.65. The van der Waals surface area contributed by atoms with Crippen LogP contribution in [0.2, 0.25) is 0 Å². The van der Waals surface area contributed by atoms with E-state index < -0.39 is 0 Å². The molecule has 0 heterocycles. The summed E-state index contributed by atoms with van der Waals surface area (Å²) in [6, 6.07) is 11.1. The molecule has 2 N–H and O–H groups in total. The zero-order valence-corrected chi connectivity index (χ0v) is 10.7. The van der Waals surface area contributed by atoms with E-state index in [0.29, 0.717) is 12.6 Å². The first-order valence-electron chi connectivity index (χ1n) is 6.62. The fourth-order valence-electron chi connectivity index (χ4n) is 2.09. The van der Waals surface area contributed by atoms with E-state index in [1.54, 1.807) is 0 Å². The van der Waals surface area contributed by atoms with Crippen molar-refractivity contribution in [3.05, 3.63) is 35.9 Å². The van der Waals surface area contributed by atoms with Crippen molar-refractivity contribution in [3.63, 3.8) is 0 Å². The quantitative estimate of drug-likeness (QED) is 0.758. The Bertz CT molecular complexity index is 332. The second-order valence-electron chi connectivity index (χ2n) is 5.46. The van der Waals surface area contributed by atoms with Crippen LogP contribution >= 0.6 is 0 Å². The summed E-state index contributed by atoms with van der Waals surface area (Å²) in [7, 11) is 0. The first kappa shape index (κ1) is 12.6. The monoisotopic (exact) mass is 233 g/mol. The summed E-state index contributed by atoms with van der Waals surface area (Å²) in [4.78, 5) is 0. The summed E-state index contributed by atoms with van der Waals surface area (Å²) in [5.74, 6) is 0. The standard InChI is InChI=1S/C15H23NO/c1-13(16-11-15(12-17)9-10-15)7-8-14-5-3-2-4-6-14/h2-6,13,16-17H,7-12H2,1H3. The smallest absolute Gasteiger partial charge is 0.0499 e. The first-order chi connectivity index (χ1) is 8.24. The van der Waals surface area contributed by atoms with Crippen molar-refractivity contribution in [1.82, 2.24) is 5.32 Å². The van der Waals surface area contributed by atoms with Crippen LogP contribution in [0.3, 0.4) is 0 Å². The van der Waals surface area contributed by atoms with Crippen LogP contribution in [0, 0.1) is 5.41 Å². The van der Waals surface area contributed by atoms with Crippen LogP contribution in [0.25, 0.3) is 0 Å². The van der Waals surface area contributed by atoms with Crippen molar-refractivity contribution in [2.45, 2.75) is 38.6 Å². The van der Waals surface area contributed by atoms with Gasteiger partial charge in [0.2, 0.25) is 0 Å². The number of hydrogen-bond acceptors (Lipinski definition) is 2. The van der Waals surface area contributed by atoms with Gasteiger partial charge in [-0.1, -0.05) is 30.3 Å². The SMILES string of the molecule is CC(CCc1ccccc1)NCC1(CO)CC1. The lowest BCUT2D eigenvalue weighted by molar-refractivity contribution is 0.204. The van der Waals surface area contributed by atoms with Gasteiger partial charge in [-0.05, 0) is 38.2 Å². The minimum Gasteiger partial charge on any atom is -0.396 e. The molecule has 1 aromatic rings. The van der Waals surface area contributed by atoms with Crippen LogP contribution in [0.1, 0.15) is 31.7 Å². The summed E-state index contributed by atoms with van der Waals surface area (Å²) >= 11 is 0. The lowest BCUT2D eigenvalue weighted by atomic mass is 10.0. The van der Waals surface area contributed by atoms with Crippen molar-refractivity contribution < 1.29 is 5.11 Å². The number of rotatable bonds is 7. The normalized spacial score (nSPS) is 18.9. The maximum Gasteiger partial charge on any atom is 0.0499 e. The predicted molar refractivity (Wildman–Crippen MR) is 71.0 cm³/mol. The molecule has 1 unspecified atom stereocenters. The van der Waals surface area contributed by atoms with Crippen molar-refractivity contribution in [1.29, 1.82) is 0 Å². The van der Waals surface area contributed by atoms with Crippen LogP contribution < -0.4 is 5.32 Å². The number of aliphatic hydroxyl groups is 1. The van der Waals surface area contributed by atoms with E-state index in [9.17, 15) is 5.11 Å². The lowest BCUT2D eigenvalue weighted by Gasteiger charge is -2.18. The highest BCUT2D eigenvalue weighted by Crippen LogP contribution is 2.44. The molecule has 1 saturated carbocycles. The summed E-state index contributed by atoms with van der Waals surface area (Å²) in [5.41, 5.74) is 1.63. The largest absolute Gasteiger partial charge is 0.396 e. The topological polar surface area (TPSA) is 32.3 Å². The van der Waals surface area contributed by atoms with Gasteiger partial charge in [-0.15, -0.1) is 0 Å². The van der Waals surface area contributed by atoms with Crippen molar-refractivity contribution in [3.8, 4) is 0 Å². The van der Waals surface area contributed by atoms with Gasteiger partial charge in [-0.3, -0.25) is 0 Å². The van der Waals surface area contributed by atoms with Gasteiger partial charge in [0, 0.05) is 24.6 Å². The van der Waals surface area contributed by atoms with Gasteiger partial charge in [-0.25, -0.2) is 0 Å². The van der Waals surface area contributed by atoms with E-state index in [4.69, 9.17) is 0 Å². The summed E-state index contributed by atoms with van der Waals surface area (Å²) in [6.45, 7) is 3.54.